The van der Waals surface area contributed by atoms with Crippen molar-refractivity contribution in [3.05, 3.63) is 0 Å². The molecule has 0 unspecified atom stereocenters. The standard InChI is InChI=1S/C20H36NO2/c1-4-5-8-21(2,3)9-6-7-20(23-15-22)18-11-16-10-17(13-18)14-19(20)12-16/h15-19H,4-14H2,1-3H3/q+1. The fourth-order valence-electron chi connectivity index (χ4n) is 6.21. The second-order valence-electron chi connectivity index (χ2n) is 9.31. The third-order valence-electron chi connectivity index (χ3n) is 7.24. The van der Waals surface area contributed by atoms with Crippen molar-refractivity contribution in [3.8, 4) is 0 Å². The number of rotatable bonds is 9. The molecule has 4 bridgehead atoms. The number of carbonyl (C=O) groups is 1. The summed E-state index contributed by atoms with van der Waals surface area (Å²) in [4.78, 5) is 11.3. The van der Waals surface area contributed by atoms with Crippen LogP contribution in [0.15, 0.2) is 0 Å². The van der Waals surface area contributed by atoms with Gasteiger partial charge in [0.25, 0.3) is 6.47 Å². The first-order valence-corrected chi connectivity index (χ1v) is 9.92. The lowest BCUT2D eigenvalue weighted by molar-refractivity contribution is -0.890. The topological polar surface area (TPSA) is 26.3 Å². The van der Waals surface area contributed by atoms with Crippen molar-refractivity contribution in [2.75, 3.05) is 27.2 Å². The molecule has 23 heavy (non-hydrogen) atoms. The molecule has 0 aromatic rings. The number of carbonyl (C=O) groups excluding carboxylic acids is 1. The van der Waals surface area contributed by atoms with Crippen LogP contribution in [0.5, 0.6) is 0 Å². The Morgan fingerprint density at radius 1 is 1.00 bits per heavy atom. The monoisotopic (exact) mass is 322 g/mol. The van der Waals surface area contributed by atoms with Crippen molar-refractivity contribution < 1.29 is 14.0 Å². The SMILES string of the molecule is CCCC[N+](C)(C)CCCC1(OC=O)C2CC3CC(C2)CC1C3. The van der Waals surface area contributed by atoms with Crippen LogP contribution in [0.25, 0.3) is 0 Å². The minimum absolute atomic E-state index is 0.111. The van der Waals surface area contributed by atoms with Crippen LogP contribution in [-0.4, -0.2) is 43.7 Å². The van der Waals surface area contributed by atoms with E-state index >= 15 is 0 Å². The van der Waals surface area contributed by atoms with Crippen molar-refractivity contribution in [1.29, 1.82) is 0 Å². The summed E-state index contributed by atoms with van der Waals surface area (Å²) >= 11 is 0. The molecule has 4 aliphatic rings. The van der Waals surface area contributed by atoms with Gasteiger partial charge in [0, 0.05) is 6.42 Å². The fraction of sp³-hybridized carbons (Fsp3) is 0.950. The number of nitrogens with zero attached hydrogens (tertiary/aromatic N) is 1. The fourth-order valence-corrected chi connectivity index (χ4v) is 6.21. The highest BCUT2D eigenvalue weighted by atomic mass is 16.5. The van der Waals surface area contributed by atoms with Crippen LogP contribution in [0.1, 0.15) is 64.7 Å². The Morgan fingerprint density at radius 2 is 1.57 bits per heavy atom. The van der Waals surface area contributed by atoms with Gasteiger partial charge < -0.3 is 9.22 Å². The molecule has 0 saturated heterocycles. The lowest BCUT2D eigenvalue weighted by Gasteiger charge is -2.60. The number of unbranched alkanes of at least 4 members (excludes halogenated alkanes) is 1. The predicted octanol–water partition coefficient (Wildman–Crippen LogP) is 4.01. The Hall–Kier alpha value is -0.570. The van der Waals surface area contributed by atoms with Crippen molar-refractivity contribution in [2.24, 2.45) is 23.7 Å². The largest absolute Gasteiger partial charge is 0.461 e. The normalized spacial score (nSPS) is 38.7. The molecule has 3 heteroatoms. The van der Waals surface area contributed by atoms with E-state index in [9.17, 15) is 4.79 Å². The van der Waals surface area contributed by atoms with E-state index in [-0.39, 0.29) is 5.60 Å². The first kappa shape index (κ1) is 17.3. The highest BCUT2D eigenvalue weighted by Crippen LogP contribution is 2.60. The van der Waals surface area contributed by atoms with Crippen LogP contribution in [-0.2, 0) is 9.53 Å². The molecule has 0 N–H and O–H groups in total. The molecule has 0 aliphatic heterocycles. The molecule has 4 aliphatic carbocycles. The molecule has 4 rings (SSSR count). The molecule has 0 heterocycles. The first-order chi connectivity index (χ1) is 11.0. The third kappa shape index (κ3) is 3.45. The summed E-state index contributed by atoms with van der Waals surface area (Å²) in [5.74, 6) is 3.15. The second-order valence-corrected chi connectivity index (χ2v) is 9.31. The van der Waals surface area contributed by atoms with E-state index in [1.54, 1.807) is 0 Å². The van der Waals surface area contributed by atoms with Crippen LogP contribution in [0.4, 0.5) is 0 Å². The molecule has 4 saturated carbocycles. The van der Waals surface area contributed by atoms with Gasteiger partial charge in [0.2, 0.25) is 0 Å². The van der Waals surface area contributed by atoms with Gasteiger partial charge in [-0.15, -0.1) is 0 Å². The minimum Gasteiger partial charge on any atom is -0.461 e. The van der Waals surface area contributed by atoms with Crippen molar-refractivity contribution in [1.82, 2.24) is 0 Å². The average Bonchev–Trinajstić information content (AvgIpc) is 2.49. The molecule has 132 valence electrons. The summed E-state index contributed by atoms with van der Waals surface area (Å²) in [7, 11) is 4.69. The average molecular weight is 323 g/mol. The summed E-state index contributed by atoms with van der Waals surface area (Å²) in [6, 6.07) is 0. The first-order valence-electron chi connectivity index (χ1n) is 9.92. The van der Waals surface area contributed by atoms with E-state index in [4.69, 9.17) is 4.74 Å². The summed E-state index contributed by atoms with van der Waals surface area (Å²) in [6.45, 7) is 5.49. The Balaban J connectivity index is 1.62. The zero-order valence-corrected chi connectivity index (χ0v) is 15.4. The van der Waals surface area contributed by atoms with Gasteiger partial charge in [-0.3, -0.25) is 4.79 Å². The van der Waals surface area contributed by atoms with E-state index < -0.39 is 0 Å². The molecular formula is C20H36NO2+. The number of ether oxygens (including phenoxy) is 1. The number of hydrogen-bond donors (Lipinski definition) is 0. The lowest BCUT2D eigenvalue weighted by atomic mass is 9.49. The second kappa shape index (κ2) is 6.74. The maximum Gasteiger partial charge on any atom is 0.293 e. The van der Waals surface area contributed by atoms with Crippen molar-refractivity contribution >= 4 is 6.47 Å². The summed E-state index contributed by atoms with van der Waals surface area (Å²) < 4.78 is 7.02. The highest BCUT2D eigenvalue weighted by molar-refractivity contribution is 5.39. The Kier molecular flexibility index (Phi) is 5.06. The van der Waals surface area contributed by atoms with Gasteiger partial charge in [0.15, 0.2) is 0 Å². The van der Waals surface area contributed by atoms with E-state index in [0.717, 1.165) is 29.2 Å². The molecule has 0 spiro atoms. The smallest absolute Gasteiger partial charge is 0.293 e. The maximum atomic E-state index is 11.3. The van der Waals surface area contributed by atoms with E-state index in [1.165, 1.54) is 64.5 Å². The minimum atomic E-state index is -0.111. The summed E-state index contributed by atoms with van der Waals surface area (Å²) in [5.41, 5.74) is -0.111. The molecule has 0 atom stereocenters. The quantitative estimate of drug-likeness (QED) is 0.473. The van der Waals surface area contributed by atoms with Crippen molar-refractivity contribution in [2.45, 2.75) is 70.3 Å². The molecule has 3 nitrogen and oxygen atoms in total. The van der Waals surface area contributed by atoms with Crippen LogP contribution in [0, 0.1) is 23.7 Å². The lowest BCUT2D eigenvalue weighted by Crippen LogP contribution is -2.59. The van der Waals surface area contributed by atoms with E-state index in [1.807, 2.05) is 0 Å². The number of hydrogen-bond acceptors (Lipinski definition) is 2. The van der Waals surface area contributed by atoms with Crippen molar-refractivity contribution in [3.63, 3.8) is 0 Å². The van der Waals surface area contributed by atoms with Crippen LogP contribution >= 0.6 is 0 Å². The van der Waals surface area contributed by atoms with E-state index in [0.29, 0.717) is 11.8 Å². The Morgan fingerprint density at radius 3 is 2.09 bits per heavy atom. The predicted molar refractivity (Wildman–Crippen MR) is 92.9 cm³/mol. The molecule has 4 fully saturated rings. The molecule has 0 amide bonds. The van der Waals surface area contributed by atoms with Crippen LogP contribution in [0.3, 0.4) is 0 Å². The Labute approximate surface area is 142 Å². The van der Waals surface area contributed by atoms with Gasteiger partial charge in [-0.25, -0.2) is 0 Å². The van der Waals surface area contributed by atoms with Crippen LogP contribution in [0.2, 0.25) is 0 Å². The number of quaternary nitrogens is 1. The summed E-state index contributed by atoms with van der Waals surface area (Å²) in [6.07, 6.45) is 11.6. The van der Waals surface area contributed by atoms with Crippen LogP contribution < -0.4 is 0 Å². The third-order valence-corrected chi connectivity index (χ3v) is 7.24. The van der Waals surface area contributed by atoms with Gasteiger partial charge in [0.1, 0.15) is 5.60 Å². The van der Waals surface area contributed by atoms with Gasteiger partial charge in [0.05, 0.1) is 27.2 Å². The van der Waals surface area contributed by atoms with Gasteiger partial charge >= 0.3 is 0 Å². The zero-order valence-electron chi connectivity index (χ0n) is 15.4. The Bertz CT molecular complexity index is 390. The molecule has 0 radical (unpaired) electrons. The molecular weight excluding hydrogens is 286 g/mol. The maximum absolute atomic E-state index is 11.3. The highest BCUT2D eigenvalue weighted by Gasteiger charge is 2.58. The van der Waals surface area contributed by atoms with Gasteiger partial charge in [-0.2, -0.15) is 0 Å². The zero-order chi connectivity index (χ0) is 16.5. The molecule has 0 aromatic heterocycles. The van der Waals surface area contributed by atoms with Gasteiger partial charge in [-0.05, 0) is 68.6 Å². The molecule has 0 aromatic carbocycles. The van der Waals surface area contributed by atoms with Gasteiger partial charge in [-0.1, -0.05) is 13.3 Å². The van der Waals surface area contributed by atoms with E-state index in [2.05, 4.69) is 21.0 Å². The summed E-state index contributed by atoms with van der Waals surface area (Å²) in [5, 5.41) is 0.